The normalized spacial score (nSPS) is 12.8. The van der Waals surface area contributed by atoms with Gasteiger partial charge in [0.05, 0.1) is 11.6 Å². The first kappa shape index (κ1) is 13.3. The van der Waals surface area contributed by atoms with E-state index < -0.39 is 0 Å². The second-order valence-electron chi connectivity index (χ2n) is 4.25. The fourth-order valence-electron chi connectivity index (χ4n) is 1.90. The zero-order valence-corrected chi connectivity index (χ0v) is 11.4. The third-order valence-electron chi connectivity index (χ3n) is 2.86. The van der Waals surface area contributed by atoms with Crippen LogP contribution in [0.4, 0.5) is 0 Å². The van der Waals surface area contributed by atoms with E-state index in [0.717, 1.165) is 16.7 Å². The van der Waals surface area contributed by atoms with E-state index in [1.807, 2.05) is 24.0 Å². The lowest BCUT2D eigenvalue weighted by Crippen LogP contribution is -2.29. The molecule has 0 saturated heterocycles. The number of pyridine rings is 1. The van der Waals surface area contributed by atoms with Crippen LogP contribution in [0, 0.1) is 0 Å². The molecule has 4 heteroatoms. The molecule has 3 nitrogen and oxygen atoms in total. The van der Waals surface area contributed by atoms with E-state index >= 15 is 0 Å². The van der Waals surface area contributed by atoms with E-state index in [2.05, 4.69) is 41.6 Å². The van der Waals surface area contributed by atoms with Crippen molar-refractivity contribution in [3.05, 3.63) is 42.1 Å². The number of hydrogen-bond donors (Lipinski definition) is 2. The second-order valence-corrected chi connectivity index (χ2v) is 5.40. The summed E-state index contributed by atoms with van der Waals surface area (Å²) >= 11 is 1.93. The summed E-state index contributed by atoms with van der Waals surface area (Å²) in [6, 6.07) is 10.6. The van der Waals surface area contributed by atoms with E-state index in [0.29, 0.717) is 0 Å². The Balaban J connectivity index is 2.17. The van der Waals surface area contributed by atoms with E-state index in [9.17, 15) is 0 Å². The number of hydrogen-bond acceptors (Lipinski definition) is 4. The topological polar surface area (TPSA) is 50.9 Å². The summed E-state index contributed by atoms with van der Waals surface area (Å²) in [6.07, 6.45) is 3.02. The molecule has 0 aliphatic heterocycles. The lowest BCUT2D eigenvalue weighted by Gasteiger charge is -2.16. The molecule has 1 unspecified atom stereocenters. The molecule has 2 rings (SSSR count). The monoisotopic (exact) mass is 261 g/mol. The summed E-state index contributed by atoms with van der Waals surface area (Å²) in [5, 5.41) is 1.16. The van der Waals surface area contributed by atoms with Gasteiger partial charge in [0.25, 0.3) is 0 Å². The van der Waals surface area contributed by atoms with Crippen molar-refractivity contribution < 1.29 is 0 Å². The number of nitrogens with one attached hydrogen (secondary N) is 1. The zero-order chi connectivity index (χ0) is 12.8. The van der Waals surface area contributed by atoms with Gasteiger partial charge < -0.3 is 0 Å². The number of thioether (sulfide) groups is 1. The predicted molar refractivity (Wildman–Crippen MR) is 79.4 cm³/mol. The number of benzene rings is 1. The molecule has 0 saturated carbocycles. The van der Waals surface area contributed by atoms with Crippen molar-refractivity contribution >= 4 is 22.7 Å². The summed E-state index contributed by atoms with van der Waals surface area (Å²) < 4.78 is 0. The van der Waals surface area contributed by atoms with Crippen LogP contribution in [-0.2, 0) is 0 Å². The lowest BCUT2D eigenvalue weighted by molar-refractivity contribution is 0.611. The highest BCUT2D eigenvalue weighted by molar-refractivity contribution is 7.99. The van der Waals surface area contributed by atoms with Crippen LogP contribution in [0.1, 0.15) is 24.9 Å². The summed E-state index contributed by atoms with van der Waals surface area (Å²) in [6.45, 7) is 2.19. The van der Waals surface area contributed by atoms with Crippen LogP contribution in [-0.4, -0.2) is 16.5 Å². The largest absolute Gasteiger partial charge is 0.271 e. The van der Waals surface area contributed by atoms with Crippen LogP contribution in [0.15, 0.2) is 36.5 Å². The molecule has 3 N–H and O–H groups in total. The fraction of sp³-hybridized carbons (Fsp3) is 0.357. The number of hydrazine groups is 1. The Morgan fingerprint density at radius 2 is 2.28 bits per heavy atom. The Bertz CT molecular complexity index is 501. The summed E-state index contributed by atoms with van der Waals surface area (Å²) in [5.41, 5.74) is 5.15. The molecular weight excluding hydrogens is 242 g/mol. The molecule has 0 amide bonds. The average molecular weight is 261 g/mol. The number of nitrogens with two attached hydrogens (primary N) is 1. The summed E-state index contributed by atoms with van der Waals surface area (Å²) in [4.78, 5) is 4.33. The third kappa shape index (κ3) is 3.22. The van der Waals surface area contributed by atoms with Crippen molar-refractivity contribution in [2.45, 2.75) is 19.4 Å². The minimum absolute atomic E-state index is 0.200. The van der Waals surface area contributed by atoms with Crippen LogP contribution in [0.3, 0.4) is 0 Å². The molecule has 2 aromatic rings. The van der Waals surface area contributed by atoms with Gasteiger partial charge in [-0.2, -0.15) is 11.8 Å². The molecule has 96 valence electrons. The molecule has 0 bridgehead atoms. The number of rotatable bonds is 6. The molecule has 0 radical (unpaired) electrons. The quantitative estimate of drug-likeness (QED) is 0.477. The van der Waals surface area contributed by atoms with Crippen molar-refractivity contribution in [3.8, 4) is 0 Å². The predicted octanol–water partition coefficient (Wildman–Crippen LogP) is 2.88. The third-order valence-corrected chi connectivity index (χ3v) is 4.13. The molecular formula is C14H19N3S. The lowest BCUT2D eigenvalue weighted by atomic mass is 10.1. The average Bonchev–Trinajstić information content (AvgIpc) is 2.43. The van der Waals surface area contributed by atoms with Gasteiger partial charge in [0, 0.05) is 17.3 Å². The molecule has 0 fully saturated rings. The maximum atomic E-state index is 5.65. The van der Waals surface area contributed by atoms with Gasteiger partial charge in [-0.05, 0) is 35.9 Å². The minimum Gasteiger partial charge on any atom is -0.271 e. The summed E-state index contributed by atoms with van der Waals surface area (Å²) in [5.74, 6) is 7.82. The van der Waals surface area contributed by atoms with Gasteiger partial charge in [-0.1, -0.05) is 19.1 Å². The molecule has 0 aliphatic rings. The van der Waals surface area contributed by atoms with Crippen molar-refractivity contribution in [1.29, 1.82) is 0 Å². The number of aromatic nitrogens is 1. The van der Waals surface area contributed by atoms with Gasteiger partial charge in [0.1, 0.15) is 0 Å². The number of fused-ring (bicyclic) bond motifs is 1. The molecule has 0 aliphatic carbocycles. The molecule has 1 atom stereocenters. The van der Waals surface area contributed by atoms with Gasteiger partial charge in [0.15, 0.2) is 0 Å². The second kappa shape index (κ2) is 6.73. The first-order valence-electron chi connectivity index (χ1n) is 6.23. The highest BCUT2D eigenvalue weighted by atomic mass is 32.2. The van der Waals surface area contributed by atoms with E-state index in [1.165, 1.54) is 17.7 Å². The van der Waals surface area contributed by atoms with Gasteiger partial charge in [-0.15, -0.1) is 0 Å². The molecule has 1 aromatic carbocycles. The smallest absolute Gasteiger partial charge is 0.0702 e. The Hall–Kier alpha value is -1.10. The number of nitrogens with zero attached hydrogens (tertiary/aromatic N) is 1. The standard InChI is InChI=1S/C14H19N3S/c1-2-8-18-10-14(17-15)12-5-6-13-11(9-12)4-3-7-16-13/h3-7,9,14,17H,2,8,10,15H2,1H3. The molecule has 1 aromatic heterocycles. The van der Waals surface area contributed by atoms with Gasteiger partial charge >= 0.3 is 0 Å². The van der Waals surface area contributed by atoms with E-state index in [1.54, 1.807) is 0 Å². The Morgan fingerprint density at radius 1 is 1.39 bits per heavy atom. The van der Waals surface area contributed by atoms with Crippen molar-refractivity contribution in [3.63, 3.8) is 0 Å². The molecule has 18 heavy (non-hydrogen) atoms. The van der Waals surface area contributed by atoms with Crippen LogP contribution in [0.5, 0.6) is 0 Å². The maximum Gasteiger partial charge on any atom is 0.0702 e. The Morgan fingerprint density at radius 3 is 3.06 bits per heavy atom. The Kier molecular flexibility index (Phi) is 4.99. The first-order chi connectivity index (χ1) is 8.85. The van der Waals surface area contributed by atoms with E-state index in [-0.39, 0.29) is 6.04 Å². The Labute approximate surface area is 112 Å². The highest BCUT2D eigenvalue weighted by Crippen LogP contribution is 2.22. The van der Waals surface area contributed by atoms with Gasteiger partial charge in [0.2, 0.25) is 0 Å². The minimum atomic E-state index is 0.200. The zero-order valence-electron chi connectivity index (χ0n) is 10.6. The highest BCUT2D eigenvalue weighted by Gasteiger charge is 2.10. The molecule has 0 spiro atoms. The SMILES string of the molecule is CCCSCC(NN)c1ccc2ncccc2c1. The van der Waals surface area contributed by atoms with Crippen molar-refractivity contribution in [1.82, 2.24) is 10.4 Å². The first-order valence-corrected chi connectivity index (χ1v) is 7.39. The molecule has 1 heterocycles. The van der Waals surface area contributed by atoms with E-state index in [4.69, 9.17) is 5.84 Å². The van der Waals surface area contributed by atoms with Crippen molar-refractivity contribution in [2.75, 3.05) is 11.5 Å². The van der Waals surface area contributed by atoms with Crippen LogP contribution < -0.4 is 11.3 Å². The van der Waals surface area contributed by atoms with Gasteiger partial charge in [-0.3, -0.25) is 16.3 Å². The maximum absolute atomic E-state index is 5.65. The fourth-order valence-corrected chi connectivity index (χ4v) is 2.88. The van der Waals surface area contributed by atoms with Gasteiger partial charge in [-0.25, -0.2) is 0 Å². The van der Waals surface area contributed by atoms with Crippen LogP contribution in [0.2, 0.25) is 0 Å². The summed E-state index contributed by atoms with van der Waals surface area (Å²) in [7, 11) is 0. The van der Waals surface area contributed by atoms with Crippen LogP contribution in [0.25, 0.3) is 10.9 Å². The van der Waals surface area contributed by atoms with Crippen LogP contribution >= 0.6 is 11.8 Å². The van der Waals surface area contributed by atoms with Crippen molar-refractivity contribution in [2.24, 2.45) is 5.84 Å².